The molecule has 0 aliphatic rings. The Hall–Kier alpha value is -1.80. The molecule has 0 saturated heterocycles. The third-order valence-corrected chi connectivity index (χ3v) is 3.13. The van der Waals surface area contributed by atoms with Gasteiger partial charge in [0.05, 0.1) is 7.11 Å². The first-order valence-electron chi connectivity index (χ1n) is 6.23. The minimum atomic E-state index is 0.105. The maximum atomic E-state index is 6.17. The van der Waals surface area contributed by atoms with Crippen LogP contribution in [0.2, 0.25) is 0 Å². The van der Waals surface area contributed by atoms with Crippen LogP contribution in [-0.2, 0) is 6.42 Å². The highest BCUT2D eigenvalue weighted by atomic mass is 16.5. The highest BCUT2D eigenvalue weighted by molar-refractivity contribution is 5.27. The van der Waals surface area contributed by atoms with Crippen LogP contribution in [0.25, 0.3) is 0 Å². The van der Waals surface area contributed by atoms with E-state index in [0.29, 0.717) is 0 Å². The molecular formula is C16H19NO. The van der Waals surface area contributed by atoms with Gasteiger partial charge in [0, 0.05) is 6.04 Å². The molecular weight excluding hydrogens is 222 g/mol. The lowest BCUT2D eigenvalue weighted by molar-refractivity contribution is 0.414. The monoisotopic (exact) mass is 241 g/mol. The van der Waals surface area contributed by atoms with Gasteiger partial charge in [-0.1, -0.05) is 42.5 Å². The van der Waals surface area contributed by atoms with E-state index < -0.39 is 0 Å². The molecule has 0 heterocycles. The molecule has 2 N–H and O–H groups in total. The van der Waals surface area contributed by atoms with Crippen LogP contribution in [0.5, 0.6) is 5.75 Å². The molecule has 18 heavy (non-hydrogen) atoms. The molecule has 2 aromatic rings. The lowest BCUT2D eigenvalue weighted by atomic mass is 10.00. The summed E-state index contributed by atoms with van der Waals surface area (Å²) in [5.74, 6) is 0.895. The van der Waals surface area contributed by atoms with E-state index in [1.54, 1.807) is 7.11 Å². The third-order valence-electron chi connectivity index (χ3n) is 3.13. The summed E-state index contributed by atoms with van der Waals surface area (Å²) in [5, 5.41) is 0. The van der Waals surface area contributed by atoms with Crippen LogP contribution in [0.4, 0.5) is 0 Å². The Balaban J connectivity index is 1.91. The van der Waals surface area contributed by atoms with Gasteiger partial charge in [0.15, 0.2) is 0 Å². The fraction of sp³-hybridized carbons (Fsp3) is 0.250. The largest absolute Gasteiger partial charge is 0.497 e. The van der Waals surface area contributed by atoms with Gasteiger partial charge in [-0.25, -0.2) is 0 Å². The molecule has 0 bridgehead atoms. The molecule has 0 saturated carbocycles. The Morgan fingerprint density at radius 3 is 2.28 bits per heavy atom. The summed E-state index contributed by atoms with van der Waals surface area (Å²) in [4.78, 5) is 0. The lowest BCUT2D eigenvalue weighted by Gasteiger charge is -2.12. The molecule has 1 atom stereocenters. The summed E-state index contributed by atoms with van der Waals surface area (Å²) in [7, 11) is 1.68. The minimum Gasteiger partial charge on any atom is -0.497 e. The molecule has 0 spiro atoms. The van der Waals surface area contributed by atoms with Gasteiger partial charge in [-0.05, 0) is 36.1 Å². The average Bonchev–Trinajstić information content (AvgIpc) is 2.46. The zero-order valence-corrected chi connectivity index (χ0v) is 10.7. The topological polar surface area (TPSA) is 35.2 Å². The summed E-state index contributed by atoms with van der Waals surface area (Å²) in [6.07, 6.45) is 1.94. The van der Waals surface area contributed by atoms with E-state index >= 15 is 0 Å². The van der Waals surface area contributed by atoms with E-state index in [0.717, 1.165) is 18.6 Å². The maximum Gasteiger partial charge on any atom is 0.118 e. The highest BCUT2D eigenvalue weighted by Gasteiger charge is 2.05. The SMILES string of the molecule is COc1ccc(CCC(N)c2ccccc2)cc1. The standard InChI is InChI=1S/C16H19NO/c1-18-15-10-7-13(8-11-15)9-12-16(17)14-5-3-2-4-6-14/h2-8,10-11,16H,9,12,17H2,1H3. The number of benzene rings is 2. The van der Waals surface area contributed by atoms with Gasteiger partial charge < -0.3 is 10.5 Å². The minimum absolute atomic E-state index is 0.105. The van der Waals surface area contributed by atoms with Crippen LogP contribution in [0.15, 0.2) is 54.6 Å². The molecule has 0 amide bonds. The van der Waals surface area contributed by atoms with Gasteiger partial charge in [0.2, 0.25) is 0 Å². The van der Waals surface area contributed by atoms with Crippen molar-refractivity contribution in [3.63, 3.8) is 0 Å². The van der Waals surface area contributed by atoms with Crippen molar-refractivity contribution in [1.82, 2.24) is 0 Å². The van der Waals surface area contributed by atoms with Crippen molar-refractivity contribution >= 4 is 0 Å². The predicted octanol–water partition coefficient (Wildman–Crippen LogP) is 3.33. The fourth-order valence-corrected chi connectivity index (χ4v) is 1.98. The number of nitrogens with two attached hydrogens (primary N) is 1. The van der Waals surface area contributed by atoms with Crippen LogP contribution in [0, 0.1) is 0 Å². The number of hydrogen-bond donors (Lipinski definition) is 1. The normalized spacial score (nSPS) is 12.1. The Kier molecular flexibility index (Phi) is 4.37. The van der Waals surface area contributed by atoms with Gasteiger partial charge in [0.25, 0.3) is 0 Å². The van der Waals surface area contributed by atoms with Crippen LogP contribution in [0.3, 0.4) is 0 Å². The summed E-state index contributed by atoms with van der Waals surface area (Å²) < 4.78 is 5.14. The van der Waals surface area contributed by atoms with E-state index in [1.807, 2.05) is 30.3 Å². The van der Waals surface area contributed by atoms with Gasteiger partial charge in [0.1, 0.15) is 5.75 Å². The Morgan fingerprint density at radius 1 is 1.00 bits per heavy atom. The van der Waals surface area contributed by atoms with Crippen LogP contribution >= 0.6 is 0 Å². The van der Waals surface area contributed by atoms with Crippen molar-refractivity contribution < 1.29 is 4.74 Å². The van der Waals surface area contributed by atoms with E-state index in [2.05, 4.69) is 24.3 Å². The van der Waals surface area contributed by atoms with E-state index in [9.17, 15) is 0 Å². The van der Waals surface area contributed by atoms with Crippen molar-refractivity contribution in [2.24, 2.45) is 5.73 Å². The van der Waals surface area contributed by atoms with Crippen LogP contribution < -0.4 is 10.5 Å². The molecule has 94 valence electrons. The van der Waals surface area contributed by atoms with Crippen molar-refractivity contribution in [3.8, 4) is 5.75 Å². The summed E-state index contributed by atoms with van der Waals surface area (Å²) in [6.45, 7) is 0. The molecule has 2 aromatic carbocycles. The predicted molar refractivity (Wildman–Crippen MR) is 74.7 cm³/mol. The Morgan fingerprint density at radius 2 is 1.67 bits per heavy atom. The Labute approximate surface area is 108 Å². The van der Waals surface area contributed by atoms with Crippen molar-refractivity contribution in [2.45, 2.75) is 18.9 Å². The zero-order valence-electron chi connectivity index (χ0n) is 10.7. The number of rotatable bonds is 5. The molecule has 2 nitrogen and oxygen atoms in total. The van der Waals surface area contributed by atoms with Crippen molar-refractivity contribution in [3.05, 3.63) is 65.7 Å². The van der Waals surface area contributed by atoms with Crippen molar-refractivity contribution in [2.75, 3.05) is 7.11 Å². The van der Waals surface area contributed by atoms with Crippen LogP contribution in [-0.4, -0.2) is 7.11 Å². The lowest BCUT2D eigenvalue weighted by Crippen LogP contribution is -2.11. The average molecular weight is 241 g/mol. The molecule has 2 rings (SSSR count). The summed E-state index contributed by atoms with van der Waals surface area (Å²) in [5.41, 5.74) is 8.67. The second-order valence-corrected chi connectivity index (χ2v) is 4.40. The molecule has 0 aliphatic carbocycles. The number of ether oxygens (including phenoxy) is 1. The van der Waals surface area contributed by atoms with Gasteiger partial charge in [-0.15, -0.1) is 0 Å². The van der Waals surface area contributed by atoms with Crippen molar-refractivity contribution in [1.29, 1.82) is 0 Å². The van der Waals surface area contributed by atoms with E-state index in [4.69, 9.17) is 10.5 Å². The molecule has 0 radical (unpaired) electrons. The van der Waals surface area contributed by atoms with E-state index in [1.165, 1.54) is 11.1 Å². The maximum absolute atomic E-state index is 6.17. The first-order valence-corrected chi connectivity index (χ1v) is 6.23. The number of hydrogen-bond acceptors (Lipinski definition) is 2. The molecule has 0 fully saturated rings. The van der Waals surface area contributed by atoms with E-state index in [-0.39, 0.29) is 6.04 Å². The van der Waals surface area contributed by atoms with Crippen LogP contribution in [0.1, 0.15) is 23.6 Å². The summed E-state index contributed by atoms with van der Waals surface area (Å²) >= 11 is 0. The highest BCUT2D eigenvalue weighted by Crippen LogP contribution is 2.18. The number of methoxy groups -OCH3 is 1. The Bertz CT molecular complexity index is 464. The molecule has 0 aliphatic heterocycles. The smallest absolute Gasteiger partial charge is 0.118 e. The summed E-state index contributed by atoms with van der Waals surface area (Å²) in [6, 6.07) is 18.5. The van der Waals surface area contributed by atoms with Gasteiger partial charge >= 0.3 is 0 Å². The quantitative estimate of drug-likeness (QED) is 0.871. The van der Waals surface area contributed by atoms with Gasteiger partial charge in [-0.3, -0.25) is 0 Å². The number of aryl methyl sites for hydroxylation is 1. The molecule has 2 heteroatoms. The second kappa shape index (κ2) is 6.22. The zero-order chi connectivity index (χ0) is 12.8. The third kappa shape index (κ3) is 3.34. The second-order valence-electron chi connectivity index (χ2n) is 4.40. The molecule has 0 aromatic heterocycles. The molecule has 1 unspecified atom stereocenters. The first-order chi connectivity index (χ1) is 8.79. The fourth-order valence-electron chi connectivity index (χ4n) is 1.98. The van der Waals surface area contributed by atoms with Gasteiger partial charge in [-0.2, -0.15) is 0 Å². The first kappa shape index (κ1) is 12.7.